The van der Waals surface area contributed by atoms with Crippen molar-refractivity contribution >= 4 is 41.8 Å². The van der Waals surface area contributed by atoms with Gasteiger partial charge in [-0.15, -0.1) is 24.0 Å². The molecule has 2 amide bonds. The van der Waals surface area contributed by atoms with Gasteiger partial charge < -0.3 is 25.6 Å². The van der Waals surface area contributed by atoms with Crippen molar-refractivity contribution < 1.29 is 14.3 Å². The Bertz CT molecular complexity index is 451. The zero-order chi connectivity index (χ0) is 18.0. The van der Waals surface area contributed by atoms with Crippen LogP contribution in [0.4, 0.5) is 0 Å². The van der Waals surface area contributed by atoms with Crippen LogP contribution in [0.1, 0.15) is 25.7 Å². The van der Waals surface area contributed by atoms with E-state index in [1.807, 2.05) is 0 Å². The van der Waals surface area contributed by atoms with Crippen LogP contribution in [0.25, 0.3) is 0 Å². The molecule has 0 spiro atoms. The van der Waals surface area contributed by atoms with E-state index in [-0.39, 0.29) is 47.8 Å². The summed E-state index contributed by atoms with van der Waals surface area (Å²) in [6.45, 7) is 1.60. The molecule has 3 N–H and O–H groups in total. The van der Waals surface area contributed by atoms with E-state index < -0.39 is 0 Å². The van der Waals surface area contributed by atoms with Crippen molar-refractivity contribution in [1.29, 1.82) is 0 Å². The summed E-state index contributed by atoms with van der Waals surface area (Å²) in [5, 5.41) is 8.89. The Morgan fingerprint density at radius 3 is 2.32 bits per heavy atom. The molecule has 146 valence electrons. The van der Waals surface area contributed by atoms with Crippen LogP contribution in [0.2, 0.25) is 0 Å². The largest absolute Gasteiger partial charge is 0.383 e. The fourth-order valence-corrected chi connectivity index (χ4v) is 2.98. The highest BCUT2D eigenvalue weighted by Crippen LogP contribution is 2.38. The van der Waals surface area contributed by atoms with Gasteiger partial charge in [0.1, 0.15) is 0 Å². The summed E-state index contributed by atoms with van der Waals surface area (Å²) in [7, 11) is 6.82. The van der Waals surface area contributed by atoms with Gasteiger partial charge in [-0.25, -0.2) is 0 Å². The maximum absolute atomic E-state index is 12.5. The number of amides is 2. The van der Waals surface area contributed by atoms with Gasteiger partial charge in [0.25, 0.3) is 0 Å². The van der Waals surface area contributed by atoms with Crippen LogP contribution >= 0.6 is 24.0 Å². The van der Waals surface area contributed by atoms with Gasteiger partial charge in [0.15, 0.2) is 5.96 Å². The highest BCUT2D eigenvalue weighted by atomic mass is 127. The van der Waals surface area contributed by atoms with Gasteiger partial charge in [0.2, 0.25) is 11.8 Å². The molecular weight excluding hydrogens is 437 g/mol. The van der Waals surface area contributed by atoms with Gasteiger partial charge in [0.05, 0.1) is 18.6 Å². The Hall–Kier alpha value is -1.10. The number of ether oxygens (including phenoxy) is 1. The lowest BCUT2D eigenvalue weighted by Crippen LogP contribution is -2.50. The molecule has 1 aliphatic rings. The first-order chi connectivity index (χ1) is 11.4. The van der Waals surface area contributed by atoms with Crippen molar-refractivity contribution in [3.8, 4) is 0 Å². The van der Waals surface area contributed by atoms with Crippen molar-refractivity contribution in [2.75, 3.05) is 54.5 Å². The van der Waals surface area contributed by atoms with Crippen LogP contribution in [0.15, 0.2) is 4.99 Å². The average molecular weight is 469 g/mol. The van der Waals surface area contributed by atoms with Crippen molar-refractivity contribution in [1.82, 2.24) is 20.9 Å². The van der Waals surface area contributed by atoms with Crippen molar-refractivity contribution in [2.24, 2.45) is 10.4 Å². The monoisotopic (exact) mass is 469 g/mol. The highest BCUT2D eigenvalue weighted by molar-refractivity contribution is 14.0. The minimum atomic E-state index is -0.373. The lowest BCUT2D eigenvalue weighted by molar-refractivity contribution is -0.138. The van der Waals surface area contributed by atoms with Crippen LogP contribution in [0.3, 0.4) is 0 Å². The molecule has 25 heavy (non-hydrogen) atoms. The number of rotatable bonds is 8. The van der Waals surface area contributed by atoms with E-state index in [1.54, 1.807) is 33.2 Å². The van der Waals surface area contributed by atoms with E-state index in [0.717, 1.165) is 25.7 Å². The molecule has 0 aromatic carbocycles. The van der Waals surface area contributed by atoms with Crippen molar-refractivity contribution in [3.63, 3.8) is 0 Å². The molecule has 9 heteroatoms. The number of nitrogens with one attached hydrogen (secondary N) is 3. The quantitative estimate of drug-likeness (QED) is 0.204. The van der Waals surface area contributed by atoms with Crippen molar-refractivity contribution in [2.45, 2.75) is 25.7 Å². The van der Waals surface area contributed by atoms with Gasteiger partial charge in [-0.05, 0) is 12.8 Å². The van der Waals surface area contributed by atoms with Crippen molar-refractivity contribution in [3.05, 3.63) is 0 Å². The third kappa shape index (κ3) is 7.76. The van der Waals surface area contributed by atoms with Crippen LogP contribution in [0, 0.1) is 5.41 Å². The normalized spacial score (nSPS) is 15.9. The molecule has 0 unspecified atom stereocenters. The molecular formula is C16H32IN5O3. The van der Waals surface area contributed by atoms with E-state index in [4.69, 9.17) is 4.74 Å². The molecule has 1 fully saturated rings. The topological polar surface area (TPSA) is 95.1 Å². The Morgan fingerprint density at radius 2 is 1.80 bits per heavy atom. The summed E-state index contributed by atoms with van der Waals surface area (Å²) in [5.41, 5.74) is -0.373. The first-order valence-corrected chi connectivity index (χ1v) is 8.37. The molecule has 1 saturated carbocycles. The number of hydrogen-bond donors (Lipinski definition) is 3. The molecule has 0 radical (unpaired) electrons. The molecule has 8 nitrogen and oxygen atoms in total. The molecule has 0 aromatic rings. The number of halogens is 1. The molecule has 0 aromatic heterocycles. The summed E-state index contributed by atoms with van der Waals surface area (Å²) in [6.07, 6.45) is 3.89. The number of nitrogens with zero attached hydrogens (tertiary/aromatic N) is 2. The lowest BCUT2D eigenvalue weighted by atomic mass is 9.84. The molecule has 0 heterocycles. The molecule has 0 aliphatic heterocycles. The Balaban J connectivity index is 0.00000576. The van der Waals surface area contributed by atoms with Gasteiger partial charge in [-0.3, -0.25) is 14.6 Å². The number of aliphatic imine (C=N–C) groups is 1. The number of guanidine groups is 1. The summed E-state index contributed by atoms with van der Waals surface area (Å²) in [5.74, 6) is 0.546. The van der Waals surface area contributed by atoms with E-state index in [1.165, 1.54) is 0 Å². The number of methoxy groups -OCH3 is 1. The summed E-state index contributed by atoms with van der Waals surface area (Å²) in [6, 6.07) is 0. The Kier molecular flexibility index (Phi) is 11.7. The number of carbonyl (C=O) groups is 2. The van der Waals surface area contributed by atoms with E-state index in [9.17, 15) is 9.59 Å². The maximum Gasteiger partial charge on any atom is 0.239 e. The first-order valence-electron chi connectivity index (χ1n) is 8.37. The second-order valence-corrected chi connectivity index (χ2v) is 6.31. The highest BCUT2D eigenvalue weighted by Gasteiger charge is 2.42. The Labute approximate surface area is 167 Å². The second-order valence-electron chi connectivity index (χ2n) is 6.31. The fourth-order valence-electron chi connectivity index (χ4n) is 2.98. The molecule has 1 rings (SSSR count). The van der Waals surface area contributed by atoms with Crippen LogP contribution < -0.4 is 16.0 Å². The lowest BCUT2D eigenvalue weighted by Gasteiger charge is -2.31. The second kappa shape index (κ2) is 12.3. The standard InChI is InChI=1S/C16H31N5O3.HI/c1-17-15(19-11-13(22)18-9-10-24-4)20-12-16(7-5-6-8-16)14(23)21(2)3;/h5-12H2,1-4H3,(H,18,22)(H2,17,19,20);1H. The van der Waals surface area contributed by atoms with Crippen LogP contribution in [-0.2, 0) is 14.3 Å². The van der Waals surface area contributed by atoms with E-state index in [0.29, 0.717) is 25.7 Å². The van der Waals surface area contributed by atoms with Crippen LogP contribution in [-0.4, -0.2) is 77.2 Å². The van der Waals surface area contributed by atoms with E-state index >= 15 is 0 Å². The zero-order valence-electron chi connectivity index (χ0n) is 15.7. The molecule has 1 aliphatic carbocycles. The molecule has 0 atom stereocenters. The predicted molar refractivity (Wildman–Crippen MR) is 109 cm³/mol. The van der Waals surface area contributed by atoms with Gasteiger partial charge in [0, 0.05) is 41.3 Å². The van der Waals surface area contributed by atoms with E-state index in [2.05, 4.69) is 20.9 Å². The minimum Gasteiger partial charge on any atom is -0.383 e. The van der Waals surface area contributed by atoms with Gasteiger partial charge >= 0.3 is 0 Å². The molecule has 0 saturated heterocycles. The summed E-state index contributed by atoms with van der Waals surface area (Å²) >= 11 is 0. The summed E-state index contributed by atoms with van der Waals surface area (Å²) in [4.78, 5) is 30.0. The summed E-state index contributed by atoms with van der Waals surface area (Å²) < 4.78 is 4.88. The number of carbonyl (C=O) groups excluding carboxylic acids is 2. The smallest absolute Gasteiger partial charge is 0.239 e. The van der Waals surface area contributed by atoms with Gasteiger partial charge in [-0.2, -0.15) is 0 Å². The van der Waals surface area contributed by atoms with Crippen LogP contribution in [0.5, 0.6) is 0 Å². The van der Waals surface area contributed by atoms with Gasteiger partial charge in [-0.1, -0.05) is 12.8 Å². The maximum atomic E-state index is 12.5. The Morgan fingerprint density at radius 1 is 1.16 bits per heavy atom. The minimum absolute atomic E-state index is 0. The average Bonchev–Trinajstić information content (AvgIpc) is 3.04. The predicted octanol–water partition coefficient (Wildman–Crippen LogP) is 0.181. The number of hydrogen-bond acceptors (Lipinski definition) is 4. The fraction of sp³-hybridized carbons (Fsp3) is 0.812. The zero-order valence-corrected chi connectivity index (χ0v) is 18.0. The third-order valence-corrected chi connectivity index (χ3v) is 4.28. The SMILES string of the molecule is CN=C(NCC(=O)NCCOC)NCC1(C(=O)N(C)C)CCCC1.I. The molecule has 0 bridgehead atoms. The third-order valence-electron chi connectivity index (χ3n) is 4.28. The first kappa shape index (κ1) is 23.9.